The smallest absolute Gasteiger partial charge is 0.341 e. The Hall–Kier alpha value is -1.82. The van der Waals surface area contributed by atoms with Gasteiger partial charge in [-0.25, -0.2) is 4.79 Å². The Morgan fingerprint density at radius 3 is 2.41 bits per heavy atom. The molecule has 1 N–H and O–H groups in total. The largest absolute Gasteiger partial charge is 0.469 e. The molecule has 0 spiro atoms. The average Bonchev–Trinajstić information content (AvgIpc) is 2.80. The topological polar surface area (TPSA) is 86.0 Å². The summed E-state index contributed by atoms with van der Waals surface area (Å²) in [5.74, 6) is 0.311. The quantitative estimate of drug-likeness (QED) is 0.740. The van der Waals surface area contributed by atoms with E-state index in [0.29, 0.717) is 29.9 Å². The molecule has 124 valence electrons. The summed E-state index contributed by atoms with van der Waals surface area (Å²) < 4.78 is 15.1. The van der Waals surface area contributed by atoms with Crippen LogP contribution in [0.3, 0.4) is 0 Å². The molecule has 0 bridgehead atoms. The number of aliphatic hydroxyl groups excluding tert-OH is 1. The second-order valence-electron chi connectivity index (χ2n) is 5.26. The lowest BCUT2D eigenvalue weighted by atomic mass is 10.0. The standard InChI is InChI=1S/C16H24O6/c1-10(17)6-5-7-12-11(2)15(16(19)21-4)13(22-12)8-9-14(18)20-3/h10,17H,5-9H2,1-4H3. The lowest BCUT2D eigenvalue weighted by Gasteiger charge is -2.02. The predicted octanol–water partition coefficient (Wildman–Crippen LogP) is 2.18. The first-order valence-corrected chi connectivity index (χ1v) is 7.35. The van der Waals surface area contributed by atoms with Crippen molar-refractivity contribution in [1.82, 2.24) is 0 Å². The fourth-order valence-corrected chi connectivity index (χ4v) is 2.28. The van der Waals surface area contributed by atoms with Crippen molar-refractivity contribution in [2.24, 2.45) is 0 Å². The van der Waals surface area contributed by atoms with Crippen molar-refractivity contribution in [1.29, 1.82) is 0 Å². The van der Waals surface area contributed by atoms with Gasteiger partial charge in [0.15, 0.2) is 0 Å². The minimum absolute atomic E-state index is 0.139. The van der Waals surface area contributed by atoms with Crippen LogP contribution < -0.4 is 0 Å². The second-order valence-corrected chi connectivity index (χ2v) is 5.26. The van der Waals surface area contributed by atoms with Crippen LogP contribution in [-0.2, 0) is 27.1 Å². The van der Waals surface area contributed by atoms with Crippen LogP contribution in [0.4, 0.5) is 0 Å². The highest BCUT2D eigenvalue weighted by Crippen LogP contribution is 2.26. The fourth-order valence-electron chi connectivity index (χ4n) is 2.28. The number of aliphatic hydroxyl groups is 1. The van der Waals surface area contributed by atoms with Gasteiger partial charge < -0.3 is 19.0 Å². The van der Waals surface area contributed by atoms with Gasteiger partial charge in [-0.05, 0) is 26.7 Å². The molecule has 1 aromatic rings. The maximum absolute atomic E-state index is 11.9. The Balaban J connectivity index is 2.92. The summed E-state index contributed by atoms with van der Waals surface area (Å²) in [4.78, 5) is 23.2. The van der Waals surface area contributed by atoms with E-state index in [9.17, 15) is 14.7 Å². The number of methoxy groups -OCH3 is 2. The van der Waals surface area contributed by atoms with E-state index in [1.54, 1.807) is 13.8 Å². The molecule has 1 rings (SSSR count). The highest BCUT2D eigenvalue weighted by atomic mass is 16.5. The van der Waals surface area contributed by atoms with Gasteiger partial charge in [0.05, 0.1) is 26.7 Å². The van der Waals surface area contributed by atoms with Crippen LogP contribution >= 0.6 is 0 Å². The third-order valence-corrected chi connectivity index (χ3v) is 3.52. The van der Waals surface area contributed by atoms with E-state index < -0.39 is 5.97 Å². The summed E-state index contributed by atoms with van der Waals surface area (Å²) in [7, 11) is 2.63. The van der Waals surface area contributed by atoms with E-state index in [2.05, 4.69) is 4.74 Å². The van der Waals surface area contributed by atoms with Crippen molar-refractivity contribution in [3.8, 4) is 0 Å². The minimum Gasteiger partial charge on any atom is -0.469 e. The number of esters is 2. The van der Waals surface area contributed by atoms with Gasteiger partial charge in [0.2, 0.25) is 0 Å². The summed E-state index contributed by atoms with van der Waals surface area (Å²) in [5, 5.41) is 9.30. The lowest BCUT2D eigenvalue weighted by molar-refractivity contribution is -0.140. The average molecular weight is 312 g/mol. The molecule has 1 atom stereocenters. The molecule has 0 fully saturated rings. The maximum Gasteiger partial charge on any atom is 0.341 e. The van der Waals surface area contributed by atoms with E-state index >= 15 is 0 Å². The number of carbonyl (C=O) groups is 2. The molecule has 0 aliphatic rings. The van der Waals surface area contributed by atoms with Crippen molar-refractivity contribution in [2.45, 2.75) is 52.1 Å². The molecule has 0 saturated heterocycles. The van der Waals surface area contributed by atoms with Crippen LogP contribution in [0.2, 0.25) is 0 Å². The normalized spacial score (nSPS) is 12.0. The summed E-state index contributed by atoms with van der Waals surface area (Å²) in [6, 6.07) is 0. The molecular weight excluding hydrogens is 288 g/mol. The molecule has 0 amide bonds. The first-order valence-electron chi connectivity index (χ1n) is 7.35. The van der Waals surface area contributed by atoms with E-state index in [0.717, 1.165) is 12.0 Å². The summed E-state index contributed by atoms with van der Waals surface area (Å²) >= 11 is 0. The SMILES string of the molecule is COC(=O)CCc1oc(CCCC(C)O)c(C)c1C(=O)OC. The molecule has 22 heavy (non-hydrogen) atoms. The third-order valence-electron chi connectivity index (χ3n) is 3.52. The zero-order chi connectivity index (χ0) is 16.7. The van der Waals surface area contributed by atoms with Crippen LogP contribution in [-0.4, -0.2) is 37.4 Å². The number of ether oxygens (including phenoxy) is 2. The van der Waals surface area contributed by atoms with Crippen molar-refractivity contribution in [3.63, 3.8) is 0 Å². The lowest BCUT2D eigenvalue weighted by Crippen LogP contribution is -2.07. The van der Waals surface area contributed by atoms with Crippen LogP contribution in [0.1, 0.15) is 53.6 Å². The number of rotatable bonds is 8. The molecule has 0 aliphatic heterocycles. The minimum atomic E-state index is -0.470. The number of carbonyl (C=O) groups excluding carboxylic acids is 2. The van der Waals surface area contributed by atoms with Gasteiger partial charge in [0.1, 0.15) is 17.1 Å². The van der Waals surface area contributed by atoms with Crippen LogP contribution in [0.25, 0.3) is 0 Å². The molecule has 1 aromatic heterocycles. The van der Waals surface area contributed by atoms with Gasteiger partial charge in [0.25, 0.3) is 0 Å². The van der Waals surface area contributed by atoms with Gasteiger partial charge in [0, 0.05) is 18.4 Å². The first kappa shape index (κ1) is 18.2. The van der Waals surface area contributed by atoms with E-state index in [-0.39, 0.29) is 24.9 Å². The third kappa shape index (κ3) is 4.87. The molecule has 0 radical (unpaired) electrons. The monoisotopic (exact) mass is 312 g/mol. The van der Waals surface area contributed by atoms with Gasteiger partial charge in [-0.1, -0.05) is 0 Å². The Bertz CT molecular complexity index is 515. The van der Waals surface area contributed by atoms with E-state index in [1.807, 2.05) is 0 Å². The number of furan rings is 1. The highest BCUT2D eigenvalue weighted by molar-refractivity contribution is 5.92. The van der Waals surface area contributed by atoms with E-state index in [4.69, 9.17) is 9.15 Å². The van der Waals surface area contributed by atoms with E-state index in [1.165, 1.54) is 14.2 Å². The molecule has 1 heterocycles. The van der Waals surface area contributed by atoms with Crippen molar-refractivity contribution >= 4 is 11.9 Å². The Morgan fingerprint density at radius 1 is 1.18 bits per heavy atom. The molecule has 6 heteroatoms. The van der Waals surface area contributed by atoms with Crippen molar-refractivity contribution < 1.29 is 28.6 Å². The maximum atomic E-state index is 11.9. The summed E-state index contributed by atoms with van der Waals surface area (Å²) in [5.41, 5.74) is 1.12. The zero-order valence-electron chi connectivity index (χ0n) is 13.6. The molecular formula is C16H24O6. The molecule has 0 aliphatic carbocycles. The zero-order valence-corrected chi connectivity index (χ0v) is 13.6. The predicted molar refractivity (Wildman–Crippen MR) is 79.7 cm³/mol. The van der Waals surface area contributed by atoms with Gasteiger partial charge in [-0.15, -0.1) is 0 Å². The number of hydrogen-bond donors (Lipinski definition) is 1. The highest BCUT2D eigenvalue weighted by Gasteiger charge is 2.23. The summed E-state index contributed by atoms with van der Waals surface area (Å²) in [6.45, 7) is 3.53. The first-order chi connectivity index (χ1) is 10.4. The second kappa shape index (κ2) is 8.58. The molecule has 0 saturated carbocycles. The Kier molecular flexibility index (Phi) is 7.11. The van der Waals surface area contributed by atoms with Crippen LogP contribution in [0.15, 0.2) is 4.42 Å². The van der Waals surface area contributed by atoms with Crippen LogP contribution in [0.5, 0.6) is 0 Å². The Morgan fingerprint density at radius 2 is 1.86 bits per heavy atom. The van der Waals surface area contributed by atoms with Gasteiger partial charge in [-0.2, -0.15) is 0 Å². The Labute approximate surface area is 130 Å². The summed E-state index contributed by atoms with van der Waals surface area (Å²) in [6.07, 6.45) is 2.09. The van der Waals surface area contributed by atoms with Crippen LogP contribution in [0, 0.1) is 6.92 Å². The number of aryl methyl sites for hydroxylation is 2. The fraction of sp³-hybridized carbons (Fsp3) is 0.625. The molecule has 1 unspecified atom stereocenters. The van der Waals surface area contributed by atoms with Crippen molar-refractivity contribution in [3.05, 3.63) is 22.6 Å². The van der Waals surface area contributed by atoms with Crippen molar-refractivity contribution in [2.75, 3.05) is 14.2 Å². The molecule has 0 aromatic carbocycles. The number of hydrogen-bond acceptors (Lipinski definition) is 6. The van der Waals surface area contributed by atoms with Gasteiger partial charge in [-0.3, -0.25) is 4.79 Å². The molecule has 6 nitrogen and oxygen atoms in total. The van der Waals surface area contributed by atoms with Gasteiger partial charge >= 0.3 is 11.9 Å².